The molecule has 350 valence electrons. The van der Waals surface area contributed by atoms with Crippen molar-refractivity contribution in [3.8, 4) is 0 Å². The summed E-state index contributed by atoms with van der Waals surface area (Å²) in [5, 5.41) is 23.7. The van der Waals surface area contributed by atoms with Crippen molar-refractivity contribution in [1.82, 2.24) is 5.32 Å². The first-order chi connectivity index (χ1) is 29.5. The van der Waals surface area contributed by atoms with E-state index in [1.54, 1.807) is 0 Å². The third-order valence-electron chi connectivity index (χ3n) is 11.7. The molecule has 0 aromatic carbocycles. The number of aliphatic hydroxyl groups is 2. The molecule has 60 heavy (non-hydrogen) atoms. The van der Waals surface area contributed by atoms with Gasteiger partial charge in [-0.25, -0.2) is 0 Å². The van der Waals surface area contributed by atoms with Gasteiger partial charge in [-0.15, -0.1) is 0 Å². The molecular weight excluding hydrogens is 743 g/mol. The average molecular weight is 842 g/mol. The van der Waals surface area contributed by atoms with Crippen LogP contribution in [0, 0.1) is 0 Å². The molecule has 0 heterocycles. The van der Waals surface area contributed by atoms with E-state index in [0.29, 0.717) is 19.3 Å². The largest absolute Gasteiger partial charge is 0.462 e. The summed E-state index contributed by atoms with van der Waals surface area (Å²) in [4.78, 5) is 26.1. The summed E-state index contributed by atoms with van der Waals surface area (Å²) >= 11 is 0. The number of esters is 1. The van der Waals surface area contributed by atoms with Crippen LogP contribution in [0.5, 0.6) is 0 Å². The molecule has 0 aliphatic carbocycles. The van der Waals surface area contributed by atoms with Gasteiger partial charge in [-0.3, -0.25) is 9.59 Å². The Kier molecular flexibility index (Phi) is 46.1. The van der Waals surface area contributed by atoms with Crippen molar-refractivity contribution in [2.75, 3.05) is 6.61 Å². The third-order valence-corrected chi connectivity index (χ3v) is 11.7. The van der Waals surface area contributed by atoms with Gasteiger partial charge < -0.3 is 20.3 Å². The van der Waals surface area contributed by atoms with Crippen LogP contribution in [0.2, 0.25) is 0 Å². The molecule has 0 aromatic heterocycles. The van der Waals surface area contributed by atoms with Crippen LogP contribution in [0.4, 0.5) is 0 Å². The van der Waals surface area contributed by atoms with Crippen molar-refractivity contribution in [2.45, 2.75) is 277 Å². The van der Waals surface area contributed by atoms with E-state index in [4.69, 9.17) is 4.74 Å². The van der Waals surface area contributed by atoms with Crippen molar-refractivity contribution in [1.29, 1.82) is 0 Å². The highest BCUT2D eigenvalue weighted by molar-refractivity contribution is 5.77. The number of carbonyl (C=O) groups excluding carboxylic acids is 2. The lowest BCUT2D eigenvalue weighted by Gasteiger charge is -2.24. The highest BCUT2D eigenvalue weighted by Gasteiger charge is 2.24. The monoisotopic (exact) mass is 842 g/mol. The van der Waals surface area contributed by atoms with Crippen molar-refractivity contribution in [3.63, 3.8) is 0 Å². The second-order valence-electron chi connectivity index (χ2n) is 17.6. The van der Waals surface area contributed by atoms with Crippen LogP contribution in [-0.2, 0) is 14.3 Å². The number of unbranched alkanes of at least 4 members (excludes halogenated alkanes) is 28. The number of aliphatic hydroxyl groups excluding tert-OH is 2. The maximum atomic E-state index is 13.2. The Hall–Kier alpha value is -2.18. The van der Waals surface area contributed by atoms with E-state index in [2.05, 4.69) is 74.7 Å². The van der Waals surface area contributed by atoms with Crippen LogP contribution in [0.25, 0.3) is 0 Å². The van der Waals surface area contributed by atoms with Gasteiger partial charge in [0.1, 0.15) is 6.10 Å². The number of amides is 1. The number of rotatable bonds is 46. The Morgan fingerprint density at radius 3 is 1.40 bits per heavy atom. The van der Waals surface area contributed by atoms with Crippen molar-refractivity contribution in [2.24, 2.45) is 0 Å². The minimum Gasteiger partial charge on any atom is -0.462 e. The second-order valence-corrected chi connectivity index (χ2v) is 17.6. The lowest BCUT2D eigenvalue weighted by Crippen LogP contribution is -2.46. The molecule has 3 N–H and O–H groups in total. The second kappa shape index (κ2) is 47.9. The number of hydrogen-bond acceptors (Lipinski definition) is 5. The number of allylic oxidation sites excluding steroid dienone is 8. The van der Waals surface area contributed by atoms with E-state index >= 15 is 0 Å². The molecule has 0 saturated heterocycles. The molecule has 0 spiro atoms. The lowest BCUT2D eigenvalue weighted by molar-refractivity contribution is -0.151. The Morgan fingerprint density at radius 2 is 0.917 bits per heavy atom. The van der Waals surface area contributed by atoms with E-state index in [-0.39, 0.29) is 24.9 Å². The fourth-order valence-electron chi connectivity index (χ4n) is 7.78. The van der Waals surface area contributed by atoms with Gasteiger partial charge in [0.05, 0.1) is 25.2 Å². The topological polar surface area (TPSA) is 95.9 Å². The van der Waals surface area contributed by atoms with Gasteiger partial charge in [0.25, 0.3) is 0 Å². The predicted molar refractivity (Wildman–Crippen MR) is 259 cm³/mol. The van der Waals surface area contributed by atoms with Crippen LogP contribution >= 0.6 is 0 Å². The van der Waals surface area contributed by atoms with Crippen molar-refractivity contribution >= 4 is 11.9 Å². The van der Waals surface area contributed by atoms with E-state index in [1.165, 1.54) is 128 Å². The molecule has 6 nitrogen and oxygen atoms in total. The Balaban J connectivity index is 4.52. The summed E-state index contributed by atoms with van der Waals surface area (Å²) in [6, 6.07) is -0.707. The summed E-state index contributed by atoms with van der Waals surface area (Å²) in [5.74, 6) is -0.493. The molecule has 3 atom stereocenters. The van der Waals surface area contributed by atoms with Gasteiger partial charge in [-0.05, 0) is 70.6 Å². The lowest BCUT2D eigenvalue weighted by atomic mass is 10.0. The molecule has 0 aliphatic heterocycles. The zero-order valence-corrected chi connectivity index (χ0v) is 39.8. The first-order valence-electron chi connectivity index (χ1n) is 25.9. The molecule has 0 radical (unpaired) electrons. The van der Waals surface area contributed by atoms with Crippen LogP contribution in [-0.4, -0.2) is 46.9 Å². The number of nitrogens with one attached hydrogen (secondary N) is 1. The fraction of sp³-hybridized carbons (Fsp3) is 0.815. The maximum absolute atomic E-state index is 13.2. The van der Waals surface area contributed by atoms with Crippen molar-refractivity contribution in [3.05, 3.63) is 48.6 Å². The summed E-state index contributed by atoms with van der Waals surface area (Å²) in [7, 11) is 0. The fourth-order valence-corrected chi connectivity index (χ4v) is 7.78. The maximum Gasteiger partial charge on any atom is 0.306 e. The normalized spacial score (nSPS) is 13.6. The van der Waals surface area contributed by atoms with Gasteiger partial charge in [-0.1, -0.05) is 223 Å². The van der Waals surface area contributed by atoms with Crippen LogP contribution in [0.3, 0.4) is 0 Å². The van der Waals surface area contributed by atoms with Crippen LogP contribution in [0.15, 0.2) is 48.6 Å². The molecule has 3 unspecified atom stereocenters. The SMILES string of the molecule is CC/C=C/C=C/C=C/CCCCCCCC(CC(=O)NC(CO)C(O)CCCCCCCCCCC)OC(=O)CCCCCCCCCCC/C=C/CCCCCCCC. The minimum absolute atomic E-state index is 0.0637. The molecule has 0 rings (SSSR count). The average Bonchev–Trinajstić information content (AvgIpc) is 3.24. The zero-order valence-electron chi connectivity index (χ0n) is 39.8. The van der Waals surface area contributed by atoms with Gasteiger partial charge in [0.2, 0.25) is 5.91 Å². The molecule has 0 fully saturated rings. The Bertz CT molecular complexity index is 1040. The molecule has 0 saturated carbocycles. The molecule has 6 heteroatoms. The van der Waals surface area contributed by atoms with Crippen LogP contribution < -0.4 is 5.32 Å². The van der Waals surface area contributed by atoms with Crippen molar-refractivity contribution < 1.29 is 24.5 Å². The van der Waals surface area contributed by atoms with Gasteiger partial charge in [0, 0.05) is 6.42 Å². The summed E-state index contributed by atoms with van der Waals surface area (Å²) in [6.07, 6.45) is 57.5. The summed E-state index contributed by atoms with van der Waals surface area (Å²) < 4.78 is 5.92. The predicted octanol–water partition coefficient (Wildman–Crippen LogP) is 15.5. The highest BCUT2D eigenvalue weighted by atomic mass is 16.5. The standard InChI is InChI=1S/C54H99NO5/c1-4-7-10-13-16-19-21-23-24-25-26-27-28-30-32-35-38-41-44-47-54(59)60-50(45-42-39-36-34-31-29-22-20-17-14-11-8-5-2)48-53(58)55-51(49-56)52(57)46-43-40-37-33-18-15-12-9-6-3/h8,11,14,17,20,22-24,50-52,56-57H,4-7,9-10,12-13,15-16,18-19,21,25-49H2,1-3H3,(H,55,58)/b11-8+,17-14+,22-20+,24-23+. The number of ether oxygens (including phenoxy) is 1. The van der Waals surface area contributed by atoms with E-state index in [0.717, 1.165) is 83.5 Å². The molecular formula is C54H99NO5. The first kappa shape index (κ1) is 57.8. The number of hydrogen-bond donors (Lipinski definition) is 3. The molecule has 0 bridgehead atoms. The van der Waals surface area contributed by atoms with E-state index in [1.807, 2.05) is 0 Å². The Morgan fingerprint density at radius 1 is 0.500 bits per heavy atom. The summed E-state index contributed by atoms with van der Waals surface area (Å²) in [5.41, 5.74) is 0. The third kappa shape index (κ3) is 42.5. The van der Waals surface area contributed by atoms with Gasteiger partial charge in [0.15, 0.2) is 0 Å². The first-order valence-corrected chi connectivity index (χ1v) is 25.9. The number of carbonyl (C=O) groups is 2. The summed E-state index contributed by atoms with van der Waals surface area (Å²) in [6.45, 7) is 6.33. The van der Waals surface area contributed by atoms with E-state index in [9.17, 15) is 19.8 Å². The molecule has 0 aliphatic rings. The zero-order chi connectivity index (χ0) is 43.8. The van der Waals surface area contributed by atoms with Crippen LogP contribution in [0.1, 0.15) is 258 Å². The quantitative estimate of drug-likeness (QED) is 0.0246. The molecule has 1 amide bonds. The van der Waals surface area contributed by atoms with Gasteiger partial charge in [-0.2, -0.15) is 0 Å². The minimum atomic E-state index is -0.792. The highest BCUT2D eigenvalue weighted by Crippen LogP contribution is 2.18. The molecule has 0 aromatic rings. The smallest absolute Gasteiger partial charge is 0.306 e. The Labute approximate surface area is 372 Å². The van der Waals surface area contributed by atoms with Gasteiger partial charge >= 0.3 is 5.97 Å². The van der Waals surface area contributed by atoms with E-state index < -0.39 is 18.2 Å².